The Kier molecular flexibility index (Phi) is 4.54. The molecule has 0 aliphatic heterocycles. The van der Waals surface area contributed by atoms with Gasteiger partial charge in [-0.1, -0.05) is 18.2 Å². The minimum Gasteiger partial charge on any atom is -0.329 e. The Morgan fingerprint density at radius 1 is 1.29 bits per heavy atom. The highest BCUT2D eigenvalue weighted by Crippen LogP contribution is 2.32. The number of hydrogen-bond acceptors (Lipinski definition) is 2. The molecule has 96 valence electrons. The van der Waals surface area contributed by atoms with Gasteiger partial charge in [-0.15, -0.1) is 0 Å². The average molecular weight is 246 g/mol. The van der Waals surface area contributed by atoms with E-state index in [0.717, 1.165) is 6.07 Å². The quantitative estimate of drug-likeness (QED) is 0.884. The lowest BCUT2D eigenvalue weighted by atomic mass is 10.1. The number of nitrogens with two attached hydrogens (primary N) is 1. The maximum Gasteiger partial charge on any atom is 0.416 e. The number of rotatable bonds is 4. The van der Waals surface area contributed by atoms with Crippen LogP contribution in [0.1, 0.15) is 18.1 Å². The molecule has 0 saturated carbocycles. The van der Waals surface area contributed by atoms with E-state index >= 15 is 0 Å². The summed E-state index contributed by atoms with van der Waals surface area (Å²) in [6, 6.07) is 5.68. The average Bonchev–Trinajstić information content (AvgIpc) is 2.27. The van der Waals surface area contributed by atoms with Crippen molar-refractivity contribution in [3.05, 3.63) is 35.4 Å². The van der Waals surface area contributed by atoms with Gasteiger partial charge in [0, 0.05) is 19.1 Å². The van der Waals surface area contributed by atoms with Crippen molar-refractivity contribution in [1.29, 1.82) is 0 Å². The van der Waals surface area contributed by atoms with Crippen LogP contribution in [0.2, 0.25) is 0 Å². The summed E-state index contributed by atoms with van der Waals surface area (Å²) in [5.41, 5.74) is 5.19. The fourth-order valence-electron chi connectivity index (χ4n) is 1.54. The van der Waals surface area contributed by atoms with E-state index in [1.165, 1.54) is 12.1 Å². The summed E-state index contributed by atoms with van der Waals surface area (Å²) in [5, 5.41) is 0. The zero-order valence-corrected chi connectivity index (χ0v) is 9.96. The molecule has 0 saturated heterocycles. The van der Waals surface area contributed by atoms with Gasteiger partial charge in [0.15, 0.2) is 0 Å². The first-order valence-corrected chi connectivity index (χ1v) is 5.41. The minimum atomic E-state index is -4.30. The molecule has 0 bridgehead atoms. The van der Waals surface area contributed by atoms with Crippen molar-refractivity contribution >= 4 is 0 Å². The van der Waals surface area contributed by atoms with Crippen LogP contribution in [0.15, 0.2) is 24.3 Å². The topological polar surface area (TPSA) is 29.3 Å². The van der Waals surface area contributed by atoms with Gasteiger partial charge in [0.1, 0.15) is 0 Å². The minimum absolute atomic E-state index is 0.0521. The Morgan fingerprint density at radius 3 is 2.41 bits per heavy atom. The summed E-state index contributed by atoms with van der Waals surface area (Å²) < 4.78 is 38.2. The van der Waals surface area contributed by atoms with Crippen molar-refractivity contribution in [2.24, 2.45) is 5.73 Å². The smallest absolute Gasteiger partial charge is 0.329 e. The van der Waals surface area contributed by atoms with Crippen molar-refractivity contribution in [2.75, 3.05) is 13.6 Å². The largest absolute Gasteiger partial charge is 0.416 e. The summed E-state index contributed by atoms with van der Waals surface area (Å²) in [7, 11) is 1.77. The van der Waals surface area contributed by atoms with Gasteiger partial charge >= 0.3 is 6.18 Å². The molecule has 0 heterocycles. The Balaban J connectivity index is 2.91. The first-order chi connectivity index (χ1) is 7.86. The van der Waals surface area contributed by atoms with Crippen LogP contribution in [0.4, 0.5) is 13.2 Å². The van der Waals surface area contributed by atoms with Gasteiger partial charge in [-0.25, -0.2) is 0 Å². The van der Waals surface area contributed by atoms with Gasteiger partial charge in [0.05, 0.1) is 5.56 Å². The summed E-state index contributed by atoms with van der Waals surface area (Å²) in [5.74, 6) is 0. The van der Waals surface area contributed by atoms with E-state index in [2.05, 4.69) is 0 Å². The highest BCUT2D eigenvalue weighted by atomic mass is 19.4. The predicted molar refractivity (Wildman–Crippen MR) is 61.4 cm³/mol. The van der Waals surface area contributed by atoms with Gasteiger partial charge in [-0.3, -0.25) is 4.90 Å². The number of hydrogen-bond donors (Lipinski definition) is 1. The summed E-state index contributed by atoms with van der Waals surface area (Å²) in [6.07, 6.45) is -4.30. The maximum atomic E-state index is 12.7. The van der Waals surface area contributed by atoms with Crippen LogP contribution in [0.25, 0.3) is 0 Å². The van der Waals surface area contributed by atoms with Crippen LogP contribution in [-0.4, -0.2) is 24.5 Å². The molecule has 5 heteroatoms. The second-order valence-corrected chi connectivity index (χ2v) is 4.15. The zero-order valence-electron chi connectivity index (χ0n) is 9.96. The zero-order chi connectivity index (χ0) is 13.1. The Morgan fingerprint density at radius 2 is 1.88 bits per heavy atom. The molecule has 0 spiro atoms. The number of nitrogens with zero attached hydrogens (tertiary/aromatic N) is 1. The number of alkyl halides is 3. The standard InChI is InChI=1S/C12H17F3N2/c1-9(7-16)17(2)8-10-5-3-4-6-11(10)12(13,14)15/h3-6,9H,7-8,16H2,1-2H3. The lowest BCUT2D eigenvalue weighted by Crippen LogP contribution is -2.35. The second kappa shape index (κ2) is 5.51. The van der Waals surface area contributed by atoms with Crippen LogP contribution in [0, 0.1) is 0 Å². The van der Waals surface area contributed by atoms with E-state index < -0.39 is 11.7 Å². The Bertz CT molecular complexity index is 363. The lowest BCUT2D eigenvalue weighted by molar-refractivity contribution is -0.138. The molecular formula is C12H17F3N2. The molecule has 0 aromatic heterocycles. The molecule has 2 nitrogen and oxygen atoms in total. The van der Waals surface area contributed by atoms with Crippen molar-refractivity contribution in [1.82, 2.24) is 4.90 Å². The van der Waals surface area contributed by atoms with Crippen molar-refractivity contribution < 1.29 is 13.2 Å². The number of halogens is 3. The monoisotopic (exact) mass is 246 g/mol. The van der Waals surface area contributed by atoms with Crippen molar-refractivity contribution in [2.45, 2.75) is 25.7 Å². The highest BCUT2D eigenvalue weighted by molar-refractivity contribution is 5.29. The normalized spacial score (nSPS) is 14.1. The van der Waals surface area contributed by atoms with E-state index in [1.54, 1.807) is 13.1 Å². The fraction of sp³-hybridized carbons (Fsp3) is 0.500. The van der Waals surface area contributed by atoms with Crippen LogP contribution >= 0.6 is 0 Å². The Labute approximate surface area is 99.2 Å². The molecule has 0 amide bonds. The van der Waals surface area contributed by atoms with Crippen molar-refractivity contribution in [3.8, 4) is 0 Å². The van der Waals surface area contributed by atoms with Crippen LogP contribution in [-0.2, 0) is 12.7 Å². The molecule has 1 rings (SSSR count). The molecule has 0 aliphatic carbocycles. The van der Waals surface area contributed by atoms with Gasteiger partial charge in [-0.2, -0.15) is 13.2 Å². The summed E-state index contributed by atoms with van der Waals surface area (Å²) in [4.78, 5) is 1.81. The molecule has 0 aliphatic rings. The first-order valence-electron chi connectivity index (χ1n) is 5.41. The van der Waals surface area contributed by atoms with Gasteiger partial charge in [0.2, 0.25) is 0 Å². The van der Waals surface area contributed by atoms with E-state index in [-0.39, 0.29) is 18.2 Å². The maximum absolute atomic E-state index is 12.7. The molecule has 1 aromatic carbocycles. The Hall–Kier alpha value is -1.07. The van der Waals surface area contributed by atoms with Gasteiger partial charge in [-0.05, 0) is 25.6 Å². The third-order valence-electron chi connectivity index (χ3n) is 2.84. The first kappa shape index (κ1) is 14.0. The number of benzene rings is 1. The van der Waals surface area contributed by atoms with Crippen LogP contribution in [0.5, 0.6) is 0 Å². The third kappa shape index (κ3) is 3.71. The molecule has 17 heavy (non-hydrogen) atoms. The summed E-state index contributed by atoms with van der Waals surface area (Å²) in [6.45, 7) is 2.55. The van der Waals surface area contributed by atoms with Gasteiger partial charge < -0.3 is 5.73 Å². The van der Waals surface area contributed by atoms with E-state index in [9.17, 15) is 13.2 Å². The molecular weight excluding hydrogens is 229 g/mol. The van der Waals surface area contributed by atoms with Gasteiger partial charge in [0.25, 0.3) is 0 Å². The molecule has 1 unspecified atom stereocenters. The fourth-order valence-corrected chi connectivity index (χ4v) is 1.54. The summed E-state index contributed by atoms with van der Waals surface area (Å²) >= 11 is 0. The van der Waals surface area contributed by atoms with Crippen molar-refractivity contribution in [3.63, 3.8) is 0 Å². The SMILES string of the molecule is CC(CN)N(C)Cc1ccccc1C(F)(F)F. The molecule has 1 aromatic rings. The van der Waals surface area contributed by atoms with Crippen LogP contribution in [0.3, 0.4) is 0 Å². The predicted octanol–water partition coefficient (Wildman–Crippen LogP) is 2.48. The third-order valence-corrected chi connectivity index (χ3v) is 2.84. The molecule has 0 fully saturated rings. The van der Waals surface area contributed by atoms with E-state index in [0.29, 0.717) is 6.54 Å². The molecule has 2 N–H and O–H groups in total. The van der Waals surface area contributed by atoms with E-state index in [4.69, 9.17) is 5.73 Å². The second-order valence-electron chi connectivity index (χ2n) is 4.15. The van der Waals surface area contributed by atoms with Crippen LogP contribution < -0.4 is 5.73 Å². The number of likely N-dealkylation sites (N-methyl/N-ethyl adjacent to an activating group) is 1. The molecule has 0 radical (unpaired) electrons. The van der Waals surface area contributed by atoms with E-state index in [1.807, 2.05) is 11.8 Å². The lowest BCUT2D eigenvalue weighted by Gasteiger charge is -2.24. The highest BCUT2D eigenvalue weighted by Gasteiger charge is 2.33. The molecule has 1 atom stereocenters.